The summed E-state index contributed by atoms with van der Waals surface area (Å²) in [6.07, 6.45) is 1.97. The van der Waals surface area contributed by atoms with Crippen molar-refractivity contribution >= 4 is 27.5 Å². The van der Waals surface area contributed by atoms with E-state index in [1.807, 2.05) is 0 Å². The number of halogens is 4. The van der Waals surface area contributed by atoms with Gasteiger partial charge in [0.25, 0.3) is 0 Å². The average Bonchev–Trinajstić information content (AvgIpc) is 3.09. The Morgan fingerprint density at radius 2 is 1.94 bits per heavy atom. The monoisotopic (exact) mass is 333 g/mol. The minimum Gasteiger partial charge on any atom is -0.266 e. The van der Waals surface area contributed by atoms with E-state index in [1.165, 1.54) is 10.6 Å². The molecule has 18 heavy (non-hydrogen) atoms. The van der Waals surface area contributed by atoms with Crippen LogP contribution in [0.15, 0.2) is 16.6 Å². The van der Waals surface area contributed by atoms with Gasteiger partial charge in [-0.3, -0.25) is 4.57 Å². The number of hydrogen-bond acceptors (Lipinski definition) is 2. The largest absolute Gasteiger partial charge is 0.266 e. The number of aromatic nitrogens is 3. The summed E-state index contributed by atoms with van der Waals surface area (Å²) >= 11 is 8.96. The second kappa shape index (κ2) is 4.28. The SMILES string of the molecule is Fc1cc(F)c(-n2c(Cl)nnc2C2CC2)cc1Br. The molecule has 1 aromatic carbocycles. The molecule has 3 rings (SSSR count). The Morgan fingerprint density at radius 3 is 2.61 bits per heavy atom. The van der Waals surface area contributed by atoms with Crippen molar-refractivity contribution in [3.63, 3.8) is 0 Å². The molecule has 0 saturated heterocycles. The van der Waals surface area contributed by atoms with Crippen molar-refractivity contribution < 1.29 is 8.78 Å². The van der Waals surface area contributed by atoms with E-state index in [1.54, 1.807) is 0 Å². The Labute approximate surface area is 115 Å². The van der Waals surface area contributed by atoms with Crippen LogP contribution in [-0.4, -0.2) is 14.8 Å². The van der Waals surface area contributed by atoms with Crippen LogP contribution in [0.1, 0.15) is 24.6 Å². The summed E-state index contributed by atoms with van der Waals surface area (Å²) in [7, 11) is 0. The lowest BCUT2D eigenvalue weighted by Crippen LogP contribution is -2.04. The van der Waals surface area contributed by atoms with Gasteiger partial charge in [0.05, 0.1) is 10.2 Å². The molecule has 1 aromatic heterocycles. The van der Waals surface area contributed by atoms with Crippen LogP contribution in [0.5, 0.6) is 0 Å². The highest BCUT2D eigenvalue weighted by Gasteiger charge is 2.31. The molecule has 0 N–H and O–H groups in total. The summed E-state index contributed by atoms with van der Waals surface area (Å²) in [6, 6.07) is 2.15. The van der Waals surface area contributed by atoms with Crippen molar-refractivity contribution in [3.8, 4) is 5.69 Å². The zero-order valence-corrected chi connectivity index (χ0v) is 11.3. The molecule has 0 spiro atoms. The molecule has 1 fully saturated rings. The standard InChI is InChI=1S/C11H7BrClF2N3/c12-6-3-9(8(15)4-7(6)14)18-10(5-1-2-5)16-17-11(18)13/h3-5H,1-2H2. The fraction of sp³-hybridized carbons (Fsp3) is 0.273. The Balaban J connectivity index is 2.20. The molecule has 0 aliphatic heterocycles. The first kappa shape index (κ1) is 12.0. The molecular formula is C11H7BrClF2N3. The molecule has 0 bridgehead atoms. The van der Waals surface area contributed by atoms with Gasteiger partial charge in [-0.05, 0) is 46.4 Å². The van der Waals surface area contributed by atoms with Gasteiger partial charge in [0.2, 0.25) is 5.28 Å². The first-order valence-corrected chi connectivity index (χ1v) is 6.50. The Bertz CT molecular complexity index is 625. The van der Waals surface area contributed by atoms with Crippen molar-refractivity contribution in [2.75, 3.05) is 0 Å². The summed E-state index contributed by atoms with van der Waals surface area (Å²) in [5.74, 6) is -0.474. The number of rotatable bonds is 2. The van der Waals surface area contributed by atoms with E-state index in [-0.39, 0.29) is 21.4 Å². The Kier molecular flexibility index (Phi) is 2.86. The minimum absolute atomic E-state index is 0.0781. The molecule has 2 aromatic rings. The Hall–Kier alpha value is -1.01. The quantitative estimate of drug-likeness (QED) is 0.781. The molecular weight excluding hydrogens is 327 g/mol. The second-order valence-corrected chi connectivity index (χ2v) is 5.35. The first-order valence-electron chi connectivity index (χ1n) is 5.33. The van der Waals surface area contributed by atoms with Crippen molar-refractivity contribution in [1.82, 2.24) is 14.8 Å². The number of nitrogens with zero attached hydrogens (tertiary/aromatic N) is 3. The van der Waals surface area contributed by atoms with Crippen LogP contribution in [0.25, 0.3) is 5.69 Å². The maximum atomic E-state index is 13.8. The van der Waals surface area contributed by atoms with Gasteiger partial charge in [0.1, 0.15) is 17.5 Å². The second-order valence-electron chi connectivity index (χ2n) is 4.15. The predicted octanol–water partition coefficient (Wildman–Crippen LogP) is 3.84. The fourth-order valence-electron chi connectivity index (χ4n) is 1.79. The smallest absolute Gasteiger partial charge is 0.229 e. The maximum Gasteiger partial charge on any atom is 0.229 e. The Morgan fingerprint density at radius 1 is 1.22 bits per heavy atom. The van der Waals surface area contributed by atoms with Gasteiger partial charge in [-0.1, -0.05) is 0 Å². The normalized spacial score (nSPS) is 15.1. The van der Waals surface area contributed by atoms with Crippen LogP contribution in [-0.2, 0) is 0 Å². The molecule has 1 heterocycles. The van der Waals surface area contributed by atoms with E-state index < -0.39 is 11.6 Å². The van der Waals surface area contributed by atoms with E-state index >= 15 is 0 Å². The highest BCUT2D eigenvalue weighted by Crippen LogP contribution is 2.41. The number of hydrogen-bond donors (Lipinski definition) is 0. The molecule has 0 radical (unpaired) electrons. The lowest BCUT2D eigenvalue weighted by Gasteiger charge is -2.09. The van der Waals surface area contributed by atoms with Crippen LogP contribution in [0.4, 0.5) is 8.78 Å². The van der Waals surface area contributed by atoms with Gasteiger partial charge in [0, 0.05) is 12.0 Å². The van der Waals surface area contributed by atoms with Gasteiger partial charge in [0.15, 0.2) is 0 Å². The van der Waals surface area contributed by atoms with E-state index in [0.29, 0.717) is 5.82 Å². The lowest BCUT2D eigenvalue weighted by atomic mass is 10.2. The molecule has 3 nitrogen and oxygen atoms in total. The lowest BCUT2D eigenvalue weighted by molar-refractivity contribution is 0.572. The van der Waals surface area contributed by atoms with Crippen LogP contribution in [0.2, 0.25) is 5.28 Å². The minimum atomic E-state index is -0.695. The molecule has 0 unspecified atom stereocenters. The molecule has 1 aliphatic carbocycles. The van der Waals surface area contributed by atoms with E-state index in [0.717, 1.165) is 18.9 Å². The van der Waals surface area contributed by atoms with Gasteiger partial charge in [-0.15, -0.1) is 10.2 Å². The molecule has 7 heteroatoms. The van der Waals surface area contributed by atoms with Crippen LogP contribution in [0, 0.1) is 11.6 Å². The topological polar surface area (TPSA) is 30.7 Å². The highest BCUT2D eigenvalue weighted by atomic mass is 79.9. The van der Waals surface area contributed by atoms with Gasteiger partial charge < -0.3 is 0 Å². The predicted molar refractivity (Wildman–Crippen MR) is 66.0 cm³/mol. The van der Waals surface area contributed by atoms with E-state index in [2.05, 4.69) is 26.1 Å². The van der Waals surface area contributed by atoms with Crippen molar-refractivity contribution in [2.45, 2.75) is 18.8 Å². The summed E-state index contributed by atoms with van der Waals surface area (Å²) in [4.78, 5) is 0. The molecule has 94 valence electrons. The summed E-state index contributed by atoms with van der Waals surface area (Å²) in [5, 5.41) is 7.78. The third-order valence-corrected chi connectivity index (χ3v) is 3.67. The molecule has 0 amide bonds. The molecule has 0 atom stereocenters. The maximum absolute atomic E-state index is 13.8. The van der Waals surface area contributed by atoms with Gasteiger partial charge in [-0.2, -0.15) is 0 Å². The van der Waals surface area contributed by atoms with Crippen molar-refractivity contribution in [3.05, 3.63) is 39.3 Å². The average molecular weight is 335 g/mol. The third kappa shape index (κ3) is 1.93. The van der Waals surface area contributed by atoms with E-state index in [9.17, 15) is 8.78 Å². The molecule has 1 saturated carbocycles. The van der Waals surface area contributed by atoms with E-state index in [4.69, 9.17) is 11.6 Å². The van der Waals surface area contributed by atoms with Crippen LogP contribution < -0.4 is 0 Å². The van der Waals surface area contributed by atoms with Crippen LogP contribution in [0.3, 0.4) is 0 Å². The summed E-state index contributed by atoms with van der Waals surface area (Å²) in [5.41, 5.74) is 0.153. The zero-order valence-electron chi connectivity index (χ0n) is 9.00. The van der Waals surface area contributed by atoms with Crippen molar-refractivity contribution in [1.29, 1.82) is 0 Å². The third-order valence-electron chi connectivity index (χ3n) is 2.82. The highest BCUT2D eigenvalue weighted by molar-refractivity contribution is 9.10. The van der Waals surface area contributed by atoms with Gasteiger partial charge >= 0.3 is 0 Å². The first-order chi connectivity index (χ1) is 8.58. The number of benzene rings is 1. The fourth-order valence-corrected chi connectivity index (χ4v) is 2.34. The van der Waals surface area contributed by atoms with Crippen molar-refractivity contribution in [2.24, 2.45) is 0 Å². The molecule has 1 aliphatic rings. The summed E-state index contributed by atoms with van der Waals surface area (Å²) in [6.45, 7) is 0. The van der Waals surface area contributed by atoms with Crippen LogP contribution >= 0.6 is 27.5 Å². The zero-order chi connectivity index (χ0) is 12.9. The van der Waals surface area contributed by atoms with Gasteiger partial charge in [-0.25, -0.2) is 8.78 Å². The summed E-state index contributed by atoms with van der Waals surface area (Å²) < 4.78 is 28.7.